The fourth-order valence-electron chi connectivity index (χ4n) is 1.65. The van der Waals surface area contributed by atoms with Gasteiger partial charge in [-0.15, -0.1) is 0 Å². The summed E-state index contributed by atoms with van der Waals surface area (Å²) in [5.74, 6) is 0.106. The van der Waals surface area contributed by atoms with Gasteiger partial charge >= 0.3 is 0 Å². The quantitative estimate of drug-likeness (QED) is 0.772. The Morgan fingerprint density at radius 3 is 2.55 bits per heavy atom. The van der Waals surface area contributed by atoms with E-state index in [1.54, 1.807) is 0 Å². The Bertz CT molecular complexity index is 561. The molecular weight excluding hydrogens is 304 g/mol. The Kier molecular flexibility index (Phi) is 6.22. The lowest BCUT2D eigenvalue weighted by Gasteiger charge is -2.15. The van der Waals surface area contributed by atoms with Crippen LogP contribution in [0.15, 0.2) is 17.0 Å². The molecule has 0 amide bonds. The molecule has 0 saturated carbocycles. The van der Waals surface area contributed by atoms with E-state index in [0.29, 0.717) is 12.1 Å². The van der Waals surface area contributed by atoms with E-state index in [1.807, 2.05) is 19.0 Å². The molecule has 114 valence electrons. The first kappa shape index (κ1) is 17.2. The van der Waals surface area contributed by atoms with Gasteiger partial charge in [-0.05, 0) is 26.2 Å². The van der Waals surface area contributed by atoms with Gasteiger partial charge in [-0.2, -0.15) is 0 Å². The van der Waals surface area contributed by atoms with E-state index in [9.17, 15) is 13.5 Å². The Balaban J connectivity index is 3.13. The first-order chi connectivity index (χ1) is 9.31. The average molecular weight is 323 g/mol. The number of benzene rings is 1. The second kappa shape index (κ2) is 7.24. The van der Waals surface area contributed by atoms with Gasteiger partial charge in [0.15, 0.2) is 0 Å². The van der Waals surface area contributed by atoms with Crippen LogP contribution in [0.2, 0.25) is 5.02 Å². The largest absolute Gasteiger partial charge is 0.495 e. The van der Waals surface area contributed by atoms with E-state index in [1.165, 1.54) is 19.2 Å². The third-order valence-corrected chi connectivity index (χ3v) is 4.30. The van der Waals surface area contributed by atoms with Gasteiger partial charge in [0, 0.05) is 23.7 Å². The molecule has 0 aliphatic carbocycles. The maximum absolute atomic E-state index is 12.3. The van der Waals surface area contributed by atoms with Crippen LogP contribution in [0.3, 0.4) is 0 Å². The zero-order valence-corrected chi connectivity index (χ0v) is 13.3. The molecule has 1 aromatic carbocycles. The Labute approximate surface area is 124 Å². The molecule has 0 aromatic heterocycles. The Morgan fingerprint density at radius 2 is 2.05 bits per heavy atom. The standard InChI is InChI=1S/C12H19ClN2O4S/c1-15(2)5-4-14-20(17,18)11-7-10(13)6-9(8-16)12(11)19-3/h6-7,14,16H,4-5,8H2,1-3H3. The summed E-state index contributed by atoms with van der Waals surface area (Å²) in [5.41, 5.74) is 0.327. The summed E-state index contributed by atoms with van der Waals surface area (Å²) in [7, 11) is 1.29. The third kappa shape index (κ3) is 4.32. The van der Waals surface area contributed by atoms with Crippen LogP contribution in [0.5, 0.6) is 5.75 Å². The molecule has 2 N–H and O–H groups in total. The number of likely N-dealkylation sites (N-methyl/N-ethyl adjacent to an activating group) is 1. The van der Waals surface area contributed by atoms with Crippen LogP contribution in [0, 0.1) is 0 Å². The predicted molar refractivity (Wildman–Crippen MR) is 77.7 cm³/mol. The summed E-state index contributed by atoms with van der Waals surface area (Å²) < 4.78 is 32.1. The molecule has 0 fully saturated rings. The molecule has 0 heterocycles. The van der Waals surface area contributed by atoms with Crippen LogP contribution < -0.4 is 9.46 Å². The summed E-state index contributed by atoms with van der Waals surface area (Å²) in [6.45, 7) is 0.471. The lowest BCUT2D eigenvalue weighted by Crippen LogP contribution is -2.31. The summed E-state index contributed by atoms with van der Waals surface area (Å²) in [6, 6.07) is 2.77. The van der Waals surface area contributed by atoms with E-state index >= 15 is 0 Å². The maximum atomic E-state index is 12.3. The minimum atomic E-state index is -3.75. The number of nitrogens with zero attached hydrogens (tertiary/aromatic N) is 1. The van der Waals surface area contributed by atoms with Crippen LogP contribution in [0.1, 0.15) is 5.56 Å². The number of aliphatic hydroxyl groups excluding tert-OH is 1. The Hall–Kier alpha value is -0.860. The van der Waals surface area contributed by atoms with Crippen LogP contribution >= 0.6 is 11.6 Å². The highest BCUT2D eigenvalue weighted by atomic mass is 35.5. The average Bonchev–Trinajstić information content (AvgIpc) is 2.36. The molecule has 1 aromatic rings. The molecule has 6 nitrogen and oxygen atoms in total. The zero-order valence-electron chi connectivity index (χ0n) is 11.7. The van der Waals surface area contributed by atoms with Gasteiger partial charge in [-0.25, -0.2) is 13.1 Å². The van der Waals surface area contributed by atoms with Crippen molar-refractivity contribution in [2.75, 3.05) is 34.3 Å². The van der Waals surface area contributed by atoms with E-state index in [2.05, 4.69) is 4.72 Å². The molecule has 1 rings (SSSR count). The normalized spacial score (nSPS) is 11.9. The smallest absolute Gasteiger partial charge is 0.244 e. The van der Waals surface area contributed by atoms with Crippen molar-refractivity contribution in [3.05, 3.63) is 22.7 Å². The summed E-state index contributed by atoms with van der Waals surface area (Å²) in [6.07, 6.45) is 0. The van der Waals surface area contributed by atoms with Gasteiger partial charge in [0.25, 0.3) is 0 Å². The van der Waals surface area contributed by atoms with Gasteiger partial charge in [-0.3, -0.25) is 0 Å². The van der Waals surface area contributed by atoms with E-state index in [-0.39, 0.29) is 28.8 Å². The number of methoxy groups -OCH3 is 1. The molecule has 0 atom stereocenters. The van der Waals surface area contributed by atoms with Crippen LogP contribution in [0.25, 0.3) is 0 Å². The number of rotatable bonds is 7. The molecule has 0 spiro atoms. The molecule has 0 bridgehead atoms. The van der Waals surface area contributed by atoms with Gasteiger partial charge in [0.1, 0.15) is 10.6 Å². The van der Waals surface area contributed by atoms with E-state index in [4.69, 9.17) is 16.3 Å². The number of sulfonamides is 1. The minimum absolute atomic E-state index is 0.0738. The molecule has 0 radical (unpaired) electrons. The number of hydrogen-bond acceptors (Lipinski definition) is 5. The van der Waals surface area contributed by atoms with Crippen molar-refractivity contribution in [3.63, 3.8) is 0 Å². The third-order valence-electron chi connectivity index (χ3n) is 2.61. The molecular formula is C12H19ClN2O4S. The van der Waals surface area contributed by atoms with Crippen LogP contribution in [-0.2, 0) is 16.6 Å². The molecule has 0 saturated heterocycles. The Morgan fingerprint density at radius 1 is 1.40 bits per heavy atom. The zero-order chi connectivity index (χ0) is 15.3. The van der Waals surface area contributed by atoms with Crippen molar-refractivity contribution in [3.8, 4) is 5.75 Å². The second-order valence-corrected chi connectivity index (χ2v) is 6.63. The SMILES string of the molecule is COc1c(CO)cc(Cl)cc1S(=O)(=O)NCCN(C)C. The summed E-state index contributed by atoms with van der Waals surface area (Å²) in [5, 5.41) is 9.48. The number of nitrogens with one attached hydrogen (secondary N) is 1. The molecule has 0 unspecified atom stereocenters. The number of hydrogen-bond donors (Lipinski definition) is 2. The second-order valence-electron chi connectivity index (χ2n) is 4.46. The van der Waals surface area contributed by atoms with Gasteiger partial charge in [0.05, 0.1) is 13.7 Å². The topological polar surface area (TPSA) is 78.9 Å². The highest BCUT2D eigenvalue weighted by Crippen LogP contribution is 2.31. The van der Waals surface area contributed by atoms with Gasteiger partial charge in [-0.1, -0.05) is 11.6 Å². The number of aliphatic hydroxyl groups is 1. The fraction of sp³-hybridized carbons (Fsp3) is 0.500. The van der Waals surface area contributed by atoms with Crippen molar-refractivity contribution >= 4 is 21.6 Å². The van der Waals surface area contributed by atoms with Gasteiger partial charge < -0.3 is 14.7 Å². The minimum Gasteiger partial charge on any atom is -0.495 e. The van der Waals surface area contributed by atoms with Crippen molar-refractivity contribution in [1.82, 2.24) is 9.62 Å². The highest BCUT2D eigenvalue weighted by Gasteiger charge is 2.22. The number of halogens is 1. The van der Waals surface area contributed by atoms with E-state index < -0.39 is 10.0 Å². The molecule has 0 aliphatic rings. The lowest BCUT2D eigenvalue weighted by molar-refractivity contribution is 0.272. The first-order valence-corrected chi connectivity index (χ1v) is 7.79. The lowest BCUT2D eigenvalue weighted by atomic mass is 10.2. The van der Waals surface area contributed by atoms with Crippen molar-refractivity contribution < 1.29 is 18.3 Å². The van der Waals surface area contributed by atoms with Crippen molar-refractivity contribution in [2.24, 2.45) is 0 Å². The van der Waals surface area contributed by atoms with Crippen LogP contribution in [0.4, 0.5) is 0 Å². The highest BCUT2D eigenvalue weighted by molar-refractivity contribution is 7.89. The molecule has 20 heavy (non-hydrogen) atoms. The molecule has 8 heteroatoms. The first-order valence-electron chi connectivity index (χ1n) is 5.93. The fourth-order valence-corrected chi connectivity index (χ4v) is 3.21. The summed E-state index contributed by atoms with van der Waals surface area (Å²) >= 11 is 5.88. The monoisotopic (exact) mass is 322 g/mol. The van der Waals surface area contributed by atoms with Crippen LogP contribution in [-0.4, -0.2) is 52.7 Å². The number of ether oxygens (including phenoxy) is 1. The van der Waals surface area contributed by atoms with Gasteiger partial charge in [0.2, 0.25) is 10.0 Å². The maximum Gasteiger partial charge on any atom is 0.244 e. The van der Waals surface area contributed by atoms with Crippen molar-refractivity contribution in [1.29, 1.82) is 0 Å². The van der Waals surface area contributed by atoms with E-state index in [0.717, 1.165) is 0 Å². The predicted octanol–water partition coefficient (Wildman–Crippen LogP) is 0.681. The van der Waals surface area contributed by atoms with Crippen molar-refractivity contribution in [2.45, 2.75) is 11.5 Å². The molecule has 0 aliphatic heterocycles. The summed E-state index contributed by atoms with van der Waals surface area (Å²) in [4.78, 5) is 1.78.